The van der Waals surface area contributed by atoms with E-state index < -0.39 is 11.5 Å². The van der Waals surface area contributed by atoms with Gasteiger partial charge < -0.3 is 26.0 Å². The first kappa shape index (κ1) is 25.5. The molecule has 37 heavy (non-hydrogen) atoms. The first-order chi connectivity index (χ1) is 17.6. The summed E-state index contributed by atoms with van der Waals surface area (Å²) in [5.74, 6) is -0.935. The van der Waals surface area contributed by atoms with Crippen LogP contribution in [0.4, 0.5) is 21.9 Å². The number of anilines is 3. The number of hydrogen-bond donors (Lipinski definition) is 5. The third-order valence-corrected chi connectivity index (χ3v) is 6.11. The van der Waals surface area contributed by atoms with Gasteiger partial charge in [0.15, 0.2) is 5.78 Å². The summed E-state index contributed by atoms with van der Waals surface area (Å²) in [6.07, 6.45) is 0.486. The van der Waals surface area contributed by atoms with Crippen molar-refractivity contribution in [2.24, 2.45) is 0 Å². The molecule has 8 heteroatoms. The molecule has 0 aliphatic heterocycles. The summed E-state index contributed by atoms with van der Waals surface area (Å²) in [4.78, 5) is 39.7. The van der Waals surface area contributed by atoms with E-state index in [-0.39, 0.29) is 18.2 Å². The van der Waals surface area contributed by atoms with Crippen LogP contribution in [0.5, 0.6) is 0 Å². The molecule has 1 heterocycles. The zero-order valence-corrected chi connectivity index (χ0v) is 21.0. The number of ketones is 1. The van der Waals surface area contributed by atoms with E-state index in [1.807, 2.05) is 69.3 Å². The normalized spacial score (nSPS) is 11.2. The number of para-hydroxylation sites is 1. The lowest BCUT2D eigenvalue weighted by atomic mass is 9.92. The number of aryl methyl sites for hydroxylation is 2. The number of amides is 2. The maximum Gasteiger partial charge on any atom is 0.323 e. The largest absolute Gasteiger partial charge is 0.481 e. The minimum Gasteiger partial charge on any atom is -0.481 e. The van der Waals surface area contributed by atoms with Crippen LogP contribution in [0.15, 0.2) is 72.8 Å². The first-order valence-electron chi connectivity index (χ1n) is 12.0. The van der Waals surface area contributed by atoms with Gasteiger partial charge in [0.1, 0.15) is 0 Å². The molecule has 190 valence electrons. The minimum atomic E-state index is -0.896. The lowest BCUT2D eigenvalue weighted by Crippen LogP contribution is -2.40. The van der Waals surface area contributed by atoms with Gasteiger partial charge in [0, 0.05) is 39.2 Å². The highest BCUT2D eigenvalue weighted by Gasteiger charge is 2.28. The first-order valence-corrected chi connectivity index (χ1v) is 12.0. The number of aromatic nitrogens is 1. The van der Waals surface area contributed by atoms with Crippen LogP contribution >= 0.6 is 0 Å². The maximum absolute atomic E-state index is 13.3. The average molecular weight is 499 g/mol. The molecule has 4 aromatic rings. The Bertz CT molecular complexity index is 1450. The smallest absolute Gasteiger partial charge is 0.323 e. The Morgan fingerprint density at radius 1 is 0.892 bits per heavy atom. The van der Waals surface area contributed by atoms with Gasteiger partial charge in [-0.2, -0.15) is 0 Å². The van der Waals surface area contributed by atoms with Crippen LogP contribution in [-0.2, 0) is 11.2 Å². The molecule has 5 N–H and O–H groups in total. The Morgan fingerprint density at radius 2 is 1.59 bits per heavy atom. The quantitative estimate of drug-likeness (QED) is 0.176. The number of carbonyl (C=O) groups is 3. The molecule has 8 nitrogen and oxygen atoms in total. The second kappa shape index (κ2) is 10.6. The summed E-state index contributed by atoms with van der Waals surface area (Å²) < 4.78 is 0. The average Bonchev–Trinajstić information content (AvgIpc) is 3.26. The Balaban J connectivity index is 1.40. The van der Waals surface area contributed by atoms with E-state index in [0.717, 1.165) is 33.5 Å². The summed E-state index contributed by atoms with van der Waals surface area (Å²) in [6.45, 7) is 5.55. The number of benzene rings is 3. The number of urea groups is 1. The molecule has 0 atom stereocenters. The zero-order valence-electron chi connectivity index (χ0n) is 21.0. The second-order valence-electron chi connectivity index (χ2n) is 9.54. The highest BCUT2D eigenvalue weighted by Crippen LogP contribution is 2.25. The molecular formula is C29H30N4O4. The number of Topliss-reactive ketones (excluding diaryl/α,β-unsaturated/α-hetero) is 1. The summed E-state index contributed by atoms with van der Waals surface area (Å²) in [7, 11) is 0. The fourth-order valence-electron chi connectivity index (χ4n) is 4.13. The number of carbonyl (C=O) groups excluding carboxylic acids is 2. The van der Waals surface area contributed by atoms with E-state index in [1.54, 1.807) is 24.3 Å². The van der Waals surface area contributed by atoms with Crippen molar-refractivity contribution in [2.75, 3.05) is 16.0 Å². The predicted molar refractivity (Wildman–Crippen MR) is 147 cm³/mol. The van der Waals surface area contributed by atoms with Gasteiger partial charge in [0.05, 0.1) is 12.0 Å². The fourth-order valence-corrected chi connectivity index (χ4v) is 4.13. The van der Waals surface area contributed by atoms with Crippen molar-refractivity contribution >= 4 is 45.7 Å². The van der Waals surface area contributed by atoms with Gasteiger partial charge in [0.2, 0.25) is 0 Å². The monoisotopic (exact) mass is 498 g/mol. The number of H-pyrrole nitrogens is 1. The molecule has 3 aromatic carbocycles. The Hall–Kier alpha value is -4.59. The van der Waals surface area contributed by atoms with Crippen LogP contribution in [0.2, 0.25) is 0 Å². The maximum atomic E-state index is 13.3. The number of hydrogen-bond acceptors (Lipinski definition) is 4. The molecule has 0 aliphatic rings. The molecule has 0 spiro atoms. The van der Waals surface area contributed by atoms with Gasteiger partial charge in [-0.3, -0.25) is 9.59 Å². The van der Waals surface area contributed by atoms with Crippen molar-refractivity contribution in [3.63, 3.8) is 0 Å². The van der Waals surface area contributed by atoms with Crippen LogP contribution in [-0.4, -0.2) is 33.4 Å². The highest BCUT2D eigenvalue weighted by molar-refractivity contribution is 6.05. The summed E-state index contributed by atoms with van der Waals surface area (Å²) in [6, 6.07) is 21.6. The van der Waals surface area contributed by atoms with Gasteiger partial charge in [0.25, 0.3) is 0 Å². The molecule has 0 bridgehead atoms. The Kier molecular flexibility index (Phi) is 7.29. The zero-order chi connectivity index (χ0) is 26.6. The van der Waals surface area contributed by atoms with E-state index in [4.69, 9.17) is 5.11 Å². The molecule has 0 radical (unpaired) electrons. The lowest BCUT2D eigenvalue weighted by Gasteiger charge is -2.26. The summed E-state index contributed by atoms with van der Waals surface area (Å²) >= 11 is 0. The van der Waals surface area contributed by atoms with Crippen LogP contribution < -0.4 is 16.0 Å². The van der Waals surface area contributed by atoms with Crippen LogP contribution in [0.1, 0.15) is 41.9 Å². The van der Waals surface area contributed by atoms with Gasteiger partial charge >= 0.3 is 12.0 Å². The van der Waals surface area contributed by atoms with Crippen molar-refractivity contribution in [1.29, 1.82) is 0 Å². The number of fused-ring (bicyclic) bond motifs is 1. The molecule has 0 fully saturated rings. The number of nitrogens with one attached hydrogen (secondary N) is 4. The number of rotatable bonds is 9. The molecule has 2 amide bonds. The van der Waals surface area contributed by atoms with Crippen LogP contribution in [0.3, 0.4) is 0 Å². The topological polar surface area (TPSA) is 123 Å². The lowest BCUT2D eigenvalue weighted by molar-refractivity contribution is -0.136. The third kappa shape index (κ3) is 6.35. The highest BCUT2D eigenvalue weighted by atomic mass is 16.4. The molecular weight excluding hydrogens is 468 g/mol. The van der Waals surface area contributed by atoms with Crippen molar-refractivity contribution in [3.05, 3.63) is 89.6 Å². The van der Waals surface area contributed by atoms with Crippen LogP contribution in [0.25, 0.3) is 10.9 Å². The Labute approximate surface area is 215 Å². The number of carboxylic acids is 1. The molecule has 0 aliphatic carbocycles. The SMILES string of the molecule is Cc1ccccc1NC(=O)Nc1ccc(C(=O)C(C)(C)Nc2ccc3[nH]c(CCC(=O)O)cc3c2)cc1. The predicted octanol–water partition coefficient (Wildman–Crippen LogP) is 6.21. The number of aromatic amines is 1. The van der Waals surface area contributed by atoms with E-state index in [9.17, 15) is 14.4 Å². The third-order valence-electron chi connectivity index (χ3n) is 6.11. The molecule has 4 rings (SSSR count). The van der Waals surface area contributed by atoms with Gasteiger partial charge in [-0.1, -0.05) is 18.2 Å². The van der Waals surface area contributed by atoms with Gasteiger partial charge in [-0.15, -0.1) is 0 Å². The van der Waals surface area contributed by atoms with Gasteiger partial charge in [-0.05, 0) is 87.4 Å². The molecule has 0 saturated heterocycles. The second-order valence-corrected chi connectivity index (χ2v) is 9.54. The molecule has 1 aromatic heterocycles. The standard InChI is InChI=1S/C29H30N4O4/c1-18-6-4-5-7-24(18)32-28(37)31-21-10-8-19(9-11-21)27(36)29(2,3)33-23-12-14-25-20(17-23)16-22(30-25)13-15-26(34)35/h4-12,14,16-17,30,33H,13,15H2,1-3H3,(H,34,35)(H2,31,32,37). The molecule has 0 saturated carbocycles. The summed E-state index contributed by atoms with van der Waals surface area (Å²) in [5.41, 5.74) is 4.42. The van der Waals surface area contributed by atoms with E-state index in [1.165, 1.54) is 0 Å². The molecule has 0 unspecified atom stereocenters. The van der Waals surface area contributed by atoms with Crippen molar-refractivity contribution in [1.82, 2.24) is 4.98 Å². The minimum absolute atomic E-state index is 0.0607. The van der Waals surface area contributed by atoms with E-state index in [2.05, 4.69) is 20.9 Å². The fraction of sp³-hybridized carbons (Fsp3) is 0.207. The van der Waals surface area contributed by atoms with E-state index in [0.29, 0.717) is 17.7 Å². The van der Waals surface area contributed by atoms with Crippen molar-refractivity contribution < 1.29 is 19.5 Å². The number of carboxylic acid groups (broad SMARTS) is 1. The summed E-state index contributed by atoms with van der Waals surface area (Å²) in [5, 5.41) is 18.8. The Morgan fingerprint density at radius 3 is 2.30 bits per heavy atom. The van der Waals surface area contributed by atoms with Crippen LogP contribution in [0, 0.1) is 6.92 Å². The van der Waals surface area contributed by atoms with E-state index >= 15 is 0 Å². The van der Waals surface area contributed by atoms with Crippen molar-refractivity contribution in [2.45, 2.75) is 39.2 Å². The van der Waals surface area contributed by atoms with Gasteiger partial charge in [-0.25, -0.2) is 4.79 Å². The number of aliphatic carboxylic acids is 1. The van der Waals surface area contributed by atoms with Crippen molar-refractivity contribution in [3.8, 4) is 0 Å².